The van der Waals surface area contributed by atoms with Crippen molar-refractivity contribution in [3.63, 3.8) is 0 Å². The van der Waals surface area contributed by atoms with Gasteiger partial charge in [-0.15, -0.1) is 11.6 Å². The Balaban J connectivity index is 1.58. The van der Waals surface area contributed by atoms with Gasteiger partial charge >= 0.3 is 0 Å². The molecule has 2 rings (SSSR count). The summed E-state index contributed by atoms with van der Waals surface area (Å²) in [7, 11) is 0. The lowest BCUT2D eigenvalue weighted by Crippen LogP contribution is -2.46. The van der Waals surface area contributed by atoms with Crippen molar-refractivity contribution in [1.82, 2.24) is 9.80 Å². The fraction of sp³-hybridized carbons (Fsp3) is 1.00. The van der Waals surface area contributed by atoms with Crippen LogP contribution in [0.25, 0.3) is 0 Å². The molecule has 2 heterocycles. The zero-order chi connectivity index (χ0) is 12.6. The number of piperidine rings is 2. The second-order valence-corrected chi connectivity index (χ2v) is 6.30. The van der Waals surface area contributed by atoms with Crippen molar-refractivity contribution in [2.24, 2.45) is 0 Å². The summed E-state index contributed by atoms with van der Waals surface area (Å²) >= 11 is 5.71. The van der Waals surface area contributed by atoms with E-state index in [0.717, 1.165) is 11.9 Å². The van der Waals surface area contributed by atoms with E-state index in [0.29, 0.717) is 0 Å². The first-order chi connectivity index (χ1) is 8.90. The fourth-order valence-electron chi connectivity index (χ4n) is 3.40. The predicted octanol–water partition coefficient (Wildman–Crippen LogP) is 3.35. The van der Waals surface area contributed by atoms with Crippen molar-refractivity contribution in [3.8, 4) is 0 Å². The minimum absolute atomic E-state index is 0.830. The van der Waals surface area contributed by atoms with Crippen molar-refractivity contribution in [2.45, 2.75) is 57.4 Å². The van der Waals surface area contributed by atoms with Gasteiger partial charge in [-0.1, -0.05) is 12.8 Å². The van der Waals surface area contributed by atoms with Gasteiger partial charge in [0.25, 0.3) is 0 Å². The highest BCUT2D eigenvalue weighted by Gasteiger charge is 2.24. The van der Waals surface area contributed by atoms with Crippen LogP contribution >= 0.6 is 11.6 Å². The van der Waals surface area contributed by atoms with Crippen LogP contribution in [0.2, 0.25) is 0 Å². The zero-order valence-electron chi connectivity index (χ0n) is 11.7. The topological polar surface area (TPSA) is 6.48 Å². The maximum Gasteiger partial charge on any atom is 0.0223 e. The highest BCUT2D eigenvalue weighted by atomic mass is 35.5. The van der Waals surface area contributed by atoms with E-state index in [-0.39, 0.29) is 0 Å². The molecule has 3 heteroatoms. The van der Waals surface area contributed by atoms with E-state index >= 15 is 0 Å². The molecule has 0 amide bonds. The minimum atomic E-state index is 0.830. The summed E-state index contributed by atoms with van der Waals surface area (Å²) in [5, 5.41) is 0. The average molecular weight is 273 g/mol. The van der Waals surface area contributed by atoms with Crippen LogP contribution in [0.15, 0.2) is 0 Å². The van der Waals surface area contributed by atoms with E-state index in [1.165, 1.54) is 84.1 Å². The van der Waals surface area contributed by atoms with Gasteiger partial charge in [0.1, 0.15) is 0 Å². The average Bonchev–Trinajstić information content (AvgIpc) is 2.45. The van der Waals surface area contributed by atoms with Gasteiger partial charge in [0.05, 0.1) is 0 Å². The molecule has 0 bridgehead atoms. The summed E-state index contributed by atoms with van der Waals surface area (Å²) in [5.41, 5.74) is 0. The molecule has 18 heavy (non-hydrogen) atoms. The Hall–Kier alpha value is 0.210. The van der Waals surface area contributed by atoms with Crippen LogP contribution in [-0.2, 0) is 0 Å². The molecule has 0 unspecified atom stereocenters. The largest absolute Gasteiger partial charge is 0.303 e. The molecule has 0 aliphatic carbocycles. The lowest BCUT2D eigenvalue weighted by Gasteiger charge is -2.40. The van der Waals surface area contributed by atoms with Crippen LogP contribution in [0.1, 0.15) is 51.4 Å². The Labute approximate surface area is 118 Å². The molecule has 2 aliphatic heterocycles. The monoisotopic (exact) mass is 272 g/mol. The first-order valence-electron chi connectivity index (χ1n) is 7.92. The van der Waals surface area contributed by atoms with Crippen molar-refractivity contribution >= 4 is 11.6 Å². The first-order valence-corrected chi connectivity index (χ1v) is 8.46. The quantitative estimate of drug-likeness (QED) is 0.541. The SMILES string of the molecule is ClCCCCCN1CCC(N2CCCCC2)CC1. The van der Waals surface area contributed by atoms with Crippen LogP contribution in [-0.4, -0.2) is 54.4 Å². The first kappa shape index (κ1) is 14.6. The van der Waals surface area contributed by atoms with Crippen LogP contribution < -0.4 is 0 Å². The number of hydrogen-bond donors (Lipinski definition) is 0. The molecule has 0 N–H and O–H groups in total. The molecular weight excluding hydrogens is 244 g/mol. The van der Waals surface area contributed by atoms with Crippen LogP contribution in [0.3, 0.4) is 0 Å². The summed E-state index contributed by atoms with van der Waals surface area (Å²) in [6, 6.07) is 0.893. The third-order valence-corrected chi connectivity index (χ3v) is 4.84. The molecule has 2 aliphatic rings. The van der Waals surface area contributed by atoms with Gasteiger partial charge in [0.15, 0.2) is 0 Å². The molecule has 0 aromatic heterocycles. The number of likely N-dealkylation sites (tertiary alicyclic amines) is 2. The molecule has 106 valence electrons. The highest BCUT2D eigenvalue weighted by molar-refractivity contribution is 6.17. The fourth-order valence-corrected chi connectivity index (χ4v) is 3.59. The summed E-state index contributed by atoms with van der Waals surface area (Å²) in [5.74, 6) is 0.830. The number of halogens is 1. The summed E-state index contributed by atoms with van der Waals surface area (Å²) in [4.78, 5) is 5.42. The number of unbranched alkanes of at least 4 members (excludes halogenated alkanes) is 2. The number of alkyl halides is 1. The lowest BCUT2D eigenvalue weighted by atomic mass is 10.00. The van der Waals surface area contributed by atoms with E-state index in [4.69, 9.17) is 11.6 Å². The van der Waals surface area contributed by atoms with Crippen LogP contribution in [0.5, 0.6) is 0 Å². The number of hydrogen-bond acceptors (Lipinski definition) is 2. The van der Waals surface area contributed by atoms with Gasteiger partial charge in [-0.3, -0.25) is 0 Å². The summed E-state index contributed by atoms with van der Waals surface area (Å²) in [6.45, 7) is 6.66. The predicted molar refractivity (Wildman–Crippen MR) is 79.5 cm³/mol. The minimum Gasteiger partial charge on any atom is -0.303 e. The van der Waals surface area contributed by atoms with Gasteiger partial charge in [0, 0.05) is 11.9 Å². The Morgan fingerprint density at radius 2 is 1.56 bits per heavy atom. The standard InChI is InChI=1S/C15H29ClN2/c16-9-3-1-4-10-17-13-7-15(8-14-17)18-11-5-2-6-12-18/h15H,1-14H2. The molecule has 0 aromatic carbocycles. The smallest absolute Gasteiger partial charge is 0.0223 e. The van der Waals surface area contributed by atoms with Gasteiger partial charge < -0.3 is 9.80 Å². The third-order valence-electron chi connectivity index (χ3n) is 4.57. The summed E-state index contributed by atoms with van der Waals surface area (Å²) < 4.78 is 0. The number of nitrogens with zero attached hydrogens (tertiary/aromatic N) is 2. The molecule has 0 saturated carbocycles. The van der Waals surface area contributed by atoms with Crippen LogP contribution in [0.4, 0.5) is 0 Å². The molecule has 2 saturated heterocycles. The maximum absolute atomic E-state index is 5.71. The van der Waals surface area contributed by atoms with Gasteiger partial charge in [-0.2, -0.15) is 0 Å². The van der Waals surface area contributed by atoms with Gasteiger partial charge in [-0.05, 0) is 71.2 Å². The molecular formula is C15H29ClN2. The molecule has 2 nitrogen and oxygen atoms in total. The maximum atomic E-state index is 5.71. The number of rotatable bonds is 6. The zero-order valence-corrected chi connectivity index (χ0v) is 12.5. The molecule has 0 aromatic rings. The summed E-state index contributed by atoms with van der Waals surface area (Å²) in [6.07, 6.45) is 10.9. The van der Waals surface area contributed by atoms with Crippen molar-refractivity contribution in [1.29, 1.82) is 0 Å². The molecule has 0 atom stereocenters. The van der Waals surface area contributed by atoms with E-state index in [1.54, 1.807) is 0 Å². The molecule has 2 fully saturated rings. The Kier molecular flexibility index (Phi) is 6.82. The molecule has 0 radical (unpaired) electrons. The lowest BCUT2D eigenvalue weighted by molar-refractivity contribution is 0.0919. The Bertz CT molecular complexity index is 209. The van der Waals surface area contributed by atoms with Crippen molar-refractivity contribution in [3.05, 3.63) is 0 Å². The van der Waals surface area contributed by atoms with E-state index in [2.05, 4.69) is 9.80 Å². The van der Waals surface area contributed by atoms with E-state index in [9.17, 15) is 0 Å². The van der Waals surface area contributed by atoms with E-state index < -0.39 is 0 Å². The second-order valence-electron chi connectivity index (χ2n) is 5.92. The normalized spacial score (nSPS) is 24.5. The highest BCUT2D eigenvalue weighted by Crippen LogP contribution is 2.21. The van der Waals surface area contributed by atoms with E-state index in [1.807, 2.05) is 0 Å². The third kappa shape index (κ3) is 4.71. The van der Waals surface area contributed by atoms with Crippen LogP contribution in [0, 0.1) is 0 Å². The second kappa shape index (κ2) is 8.39. The van der Waals surface area contributed by atoms with Gasteiger partial charge in [-0.25, -0.2) is 0 Å². The van der Waals surface area contributed by atoms with Crippen molar-refractivity contribution in [2.75, 3.05) is 38.6 Å². The molecule has 0 spiro atoms. The Morgan fingerprint density at radius 3 is 2.22 bits per heavy atom. The van der Waals surface area contributed by atoms with Crippen molar-refractivity contribution < 1.29 is 0 Å². The van der Waals surface area contributed by atoms with Gasteiger partial charge in [0.2, 0.25) is 0 Å². The Morgan fingerprint density at radius 1 is 0.833 bits per heavy atom.